The van der Waals surface area contributed by atoms with Gasteiger partial charge in [-0.25, -0.2) is 5.06 Å². The summed E-state index contributed by atoms with van der Waals surface area (Å²) in [4.78, 5) is 12.0. The quantitative estimate of drug-likeness (QED) is 0.327. The van der Waals surface area contributed by atoms with Gasteiger partial charge < -0.3 is 9.47 Å². The summed E-state index contributed by atoms with van der Waals surface area (Å²) in [5, 5.41) is 10.1. The van der Waals surface area contributed by atoms with Crippen molar-refractivity contribution in [3.05, 3.63) is 35.9 Å². The van der Waals surface area contributed by atoms with Crippen molar-refractivity contribution >= 4 is 5.91 Å². The Bertz CT molecular complexity index is 646. The van der Waals surface area contributed by atoms with Crippen LogP contribution >= 0.6 is 0 Å². The van der Waals surface area contributed by atoms with Gasteiger partial charge in [-0.1, -0.05) is 63.4 Å². The van der Waals surface area contributed by atoms with Gasteiger partial charge in [-0.05, 0) is 37.2 Å². The summed E-state index contributed by atoms with van der Waals surface area (Å²) in [6.45, 7) is 5.27. The number of hydrogen-bond acceptors (Lipinski definition) is 4. The zero-order valence-corrected chi connectivity index (χ0v) is 18.2. The van der Waals surface area contributed by atoms with Crippen LogP contribution in [0.5, 0.6) is 0 Å². The Morgan fingerprint density at radius 1 is 1.14 bits per heavy atom. The van der Waals surface area contributed by atoms with E-state index in [1.54, 1.807) is 0 Å². The Kier molecular flexibility index (Phi) is 7.72. The molecule has 0 aromatic heterocycles. The van der Waals surface area contributed by atoms with Gasteiger partial charge in [0.25, 0.3) is 5.91 Å². The zero-order valence-electron chi connectivity index (χ0n) is 18.2. The van der Waals surface area contributed by atoms with E-state index in [1.807, 2.05) is 19.9 Å². The molecule has 1 amide bonds. The van der Waals surface area contributed by atoms with E-state index in [-0.39, 0.29) is 5.91 Å². The van der Waals surface area contributed by atoms with Crippen molar-refractivity contribution in [2.75, 3.05) is 13.7 Å². The smallest absolute Gasteiger partial charge is 0.251 e. The van der Waals surface area contributed by atoms with Crippen LogP contribution in [0.15, 0.2) is 30.3 Å². The molecule has 0 aliphatic carbocycles. The van der Waals surface area contributed by atoms with Crippen LogP contribution in [-0.2, 0) is 20.9 Å². The van der Waals surface area contributed by atoms with Gasteiger partial charge >= 0.3 is 0 Å². The molecule has 3 rings (SSSR count). The predicted octanol–water partition coefficient (Wildman–Crippen LogP) is 4.82. The van der Waals surface area contributed by atoms with E-state index in [4.69, 9.17) is 9.47 Å². The van der Waals surface area contributed by atoms with Crippen molar-refractivity contribution in [1.29, 1.82) is 0 Å². The van der Waals surface area contributed by atoms with Gasteiger partial charge in [-0.3, -0.25) is 10.0 Å². The highest BCUT2D eigenvalue weighted by Crippen LogP contribution is 2.46. The molecule has 2 aliphatic rings. The largest absolute Gasteiger partial charge is 0.376 e. The lowest BCUT2D eigenvalue weighted by Gasteiger charge is -2.28. The number of fused-ring (bicyclic) bond motifs is 2. The molecule has 1 N–H and O–H groups in total. The van der Waals surface area contributed by atoms with Crippen LogP contribution in [0.4, 0.5) is 0 Å². The molecule has 5 heteroatoms. The van der Waals surface area contributed by atoms with Gasteiger partial charge in [0.15, 0.2) is 0 Å². The lowest BCUT2D eigenvalue weighted by atomic mass is 9.77. The Morgan fingerprint density at radius 3 is 2.52 bits per heavy atom. The molecule has 2 fully saturated rings. The highest BCUT2D eigenvalue weighted by molar-refractivity contribution is 5.80. The molecule has 0 radical (unpaired) electrons. The SMILES string of the molecule is CN(O)C(=O)C(C)(C)CCCCC[C@@H]1[C@H](COCc2ccccc2)[C@@H]2CC[C@H]1O2. The van der Waals surface area contributed by atoms with Gasteiger partial charge in [0.2, 0.25) is 0 Å². The Balaban J connectivity index is 1.39. The summed E-state index contributed by atoms with van der Waals surface area (Å²) in [7, 11) is 1.40. The lowest BCUT2D eigenvalue weighted by molar-refractivity contribution is -0.169. The van der Waals surface area contributed by atoms with E-state index in [9.17, 15) is 10.0 Å². The third-order valence-electron chi connectivity index (χ3n) is 6.72. The first kappa shape index (κ1) is 22.3. The fourth-order valence-corrected chi connectivity index (χ4v) is 5.06. The normalized spacial score (nSPS) is 26.1. The maximum atomic E-state index is 12.0. The molecule has 29 heavy (non-hydrogen) atoms. The van der Waals surface area contributed by atoms with Crippen LogP contribution < -0.4 is 0 Å². The van der Waals surface area contributed by atoms with Crippen molar-refractivity contribution < 1.29 is 19.5 Å². The van der Waals surface area contributed by atoms with Gasteiger partial charge in [0.05, 0.1) is 25.4 Å². The number of rotatable bonds is 11. The molecule has 5 nitrogen and oxygen atoms in total. The number of benzene rings is 1. The van der Waals surface area contributed by atoms with E-state index in [0.29, 0.717) is 35.7 Å². The maximum absolute atomic E-state index is 12.0. The molecule has 0 spiro atoms. The minimum atomic E-state index is -0.507. The highest BCUT2D eigenvalue weighted by Gasteiger charge is 2.48. The van der Waals surface area contributed by atoms with Crippen molar-refractivity contribution in [1.82, 2.24) is 5.06 Å². The monoisotopic (exact) mass is 403 g/mol. The van der Waals surface area contributed by atoms with E-state index in [1.165, 1.54) is 31.9 Å². The summed E-state index contributed by atoms with van der Waals surface area (Å²) in [5.74, 6) is 0.899. The van der Waals surface area contributed by atoms with Gasteiger partial charge in [0, 0.05) is 18.4 Å². The molecular formula is C24H37NO4. The lowest BCUT2D eigenvalue weighted by Crippen LogP contribution is -2.36. The number of ether oxygens (including phenoxy) is 2. The third-order valence-corrected chi connectivity index (χ3v) is 6.72. The number of amides is 1. The molecular weight excluding hydrogens is 366 g/mol. The average Bonchev–Trinajstić information content (AvgIpc) is 3.30. The van der Waals surface area contributed by atoms with Crippen LogP contribution in [0.2, 0.25) is 0 Å². The molecule has 1 aromatic rings. The molecule has 0 unspecified atom stereocenters. The van der Waals surface area contributed by atoms with Crippen LogP contribution in [0.3, 0.4) is 0 Å². The first-order valence-corrected chi connectivity index (χ1v) is 11.1. The number of hydrogen-bond donors (Lipinski definition) is 1. The highest BCUT2D eigenvalue weighted by atomic mass is 16.5. The summed E-state index contributed by atoms with van der Waals surface area (Å²) in [6.07, 6.45) is 8.39. The Hall–Kier alpha value is -1.43. The molecule has 2 saturated heterocycles. The standard InChI is InChI=1S/C24H37NO4/c1-24(2,23(26)25(3)27)15-9-5-8-12-19-20(22-14-13-21(19)29-22)17-28-16-18-10-6-4-7-11-18/h4,6-7,10-11,19-22,27H,5,8-9,12-17H2,1-3H3/t19-,20+,21-,22+/m1/s1. The maximum Gasteiger partial charge on any atom is 0.251 e. The first-order chi connectivity index (χ1) is 13.9. The van der Waals surface area contributed by atoms with Crippen LogP contribution in [-0.4, -0.2) is 42.0 Å². The molecule has 4 atom stereocenters. The molecule has 0 saturated carbocycles. The third kappa shape index (κ3) is 5.80. The molecule has 2 heterocycles. The second-order valence-electron chi connectivity index (χ2n) is 9.43. The minimum absolute atomic E-state index is 0.213. The fourth-order valence-electron chi connectivity index (χ4n) is 5.06. The molecule has 2 aliphatic heterocycles. The van der Waals surface area contributed by atoms with Gasteiger partial charge in [-0.15, -0.1) is 0 Å². The number of carbonyl (C=O) groups excluding carboxylic acids is 1. The first-order valence-electron chi connectivity index (χ1n) is 11.1. The topological polar surface area (TPSA) is 59.0 Å². The molecule has 162 valence electrons. The number of unbranched alkanes of at least 4 members (excludes halogenated alkanes) is 2. The van der Waals surface area contributed by atoms with Crippen molar-refractivity contribution in [3.63, 3.8) is 0 Å². The summed E-state index contributed by atoms with van der Waals surface area (Å²) in [6, 6.07) is 10.3. The Labute approximate surface area is 175 Å². The van der Waals surface area contributed by atoms with Gasteiger partial charge in [-0.2, -0.15) is 0 Å². The summed E-state index contributed by atoms with van der Waals surface area (Å²) >= 11 is 0. The summed E-state index contributed by atoms with van der Waals surface area (Å²) < 4.78 is 12.3. The fraction of sp³-hybridized carbons (Fsp3) is 0.708. The van der Waals surface area contributed by atoms with Crippen LogP contribution in [0.25, 0.3) is 0 Å². The van der Waals surface area contributed by atoms with Gasteiger partial charge in [0.1, 0.15) is 0 Å². The number of hydroxylamine groups is 2. The molecule has 1 aromatic carbocycles. The van der Waals surface area contributed by atoms with E-state index < -0.39 is 5.41 Å². The average molecular weight is 404 g/mol. The summed E-state index contributed by atoms with van der Waals surface area (Å²) in [5.41, 5.74) is 0.714. The zero-order chi connectivity index (χ0) is 20.9. The van der Waals surface area contributed by atoms with E-state index in [2.05, 4.69) is 24.3 Å². The van der Waals surface area contributed by atoms with Crippen molar-refractivity contribution in [2.45, 2.75) is 77.6 Å². The molecule has 2 bridgehead atoms. The predicted molar refractivity (Wildman–Crippen MR) is 112 cm³/mol. The number of nitrogens with zero attached hydrogens (tertiary/aromatic N) is 1. The van der Waals surface area contributed by atoms with Crippen molar-refractivity contribution in [2.24, 2.45) is 17.3 Å². The minimum Gasteiger partial charge on any atom is -0.376 e. The second kappa shape index (κ2) is 10.1. The van der Waals surface area contributed by atoms with Crippen LogP contribution in [0.1, 0.15) is 64.4 Å². The van der Waals surface area contributed by atoms with Crippen molar-refractivity contribution in [3.8, 4) is 0 Å². The van der Waals surface area contributed by atoms with E-state index >= 15 is 0 Å². The second-order valence-corrected chi connectivity index (χ2v) is 9.43. The van der Waals surface area contributed by atoms with E-state index in [0.717, 1.165) is 32.3 Å². The number of carbonyl (C=O) groups is 1. The Morgan fingerprint density at radius 2 is 1.83 bits per heavy atom. The van der Waals surface area contributed by atoms with Crippen LogP contribution in [0, 0.1) is 17.3 Å².